The van der Waals surface area contributed by atoms with Crippen LogP contribution in [0.2, 0.25) is 0 Å². The number of hydrogen-bond acceptors (Lipinski definition) is 7. The average Bonchev–Trinajstić information content (AvgIpc) is 3.70. The number of ether oxygens (including phenoxy) is 1. The number of amides is 1. The van der Waals surface area contributed by atoms with E-state index in [1.165, 1.54) is 12.8 Å². The fraction of sp³-hybridized carbons (Fsp3) is 0.464. The Bertz CT molecular complexity index is 1260. The summed E-state index contributed by atoms with van der Waals surface area (Å²) in [6.07, 6.45) is 12.7. The summed E-state index contributed by atoms with van der Waals surface area (Å²) in [6.45, 7) is 1.30. The van der Waals surface area contributed by atoms with Crippen molar-refractivity contribution in [3.8, 4) is 17.3 Å². The van der Waals surface area contributed by atoms with Crippen LogP contribution in [-0.2, 0) is 4.74 Å². The fourth-order valence-corrected chi connectivity index (χ4v) is 5.64. The quantitative estimate of drug-likeness (QED) is 0.442. The molecule has 5 rings (SSSR count). The lowest BCUT2D eigenvalue weighted by Crippen LogP contribution is -2.38. The Morgan fingerprint density at radius 1 is 1.24 bits per heavy atom. The van der Waals surface area contributed by atoms with E-state index in [9.17, 15) is 10.1 Å². The molecule has 37 heavy (non-hydrogen) atoms. The Morgan fingerprint density at radius 3 is 2.92 bits per heavy atom. The number of nitrogens with one attached hydrogen (secondary N) is 1. The van der Waals surface area contributed by atoms with E-state index < -0.39 is 0 Å². The number of nitrogens with zero attached hydrogens (tertiary/aromatic N) is 6. The molecule has 3 aromatic rings. The third-order valence-electron chi connectivity index (χ3n) is 7.50. The van der Waals surface area contributed by atoms with Crippen LogP contribution in [0.1, 0.15) is 61.3 Å². The van der Waals surface area contributed by atoms with Crippen molar-refractivity contribution in [1.82, 2.24) is 24.6 Å². The van der Waals surface area contributed by atoms with Crippen LogP contribution >= 0.6 is 0 Å². The molecule has 3 heterocycles. The van der Waals surface area contributed by atoms with Crippen molar-refractivity contribution >= 4 is 17.5 Å². The van der Waals surface area contributed by atoms with Crippen LogP contribution in [0.5, 0.6) is 0 Å². The molecule has 1 amide bonds. The first-order valence-corrected chi connectivity index (χ1v) is 13.1. The number of benzene rings is 1. The van der Waals surface area contributed by atoms with Crippen molar-refractivity contribution in [3.05, 3.63) is 54.5 Å². The number of nitriles is 1. The number of aromatic nitrogens is 4. The van der Waals surface area contributed by atoms with Gasteiger partial charge < -0.3 is 15.0 Å². The summed E-state index contributed by atoms with van der Waals surface area (Å²) in [5, 5.41) is 17.2. The first kappa shape index (κ1) is 24.9. The number of carbonyl (C=O) groups excluding carboxylic acids is 1. The average molecular weight is 500 g/mol. The van der Waals surface area contributed by atoms with Crippen LogP contribution in [0.3, 0.4) is 0 Å². The van der Waals surface area contributed by atoms with Gasteiger partial charge in [-0.25, -0.2) is 9.97 Å². The van der Waals surface area contributed by atoms with Gasteiger partial charge in [0.15, 0.2) is 0 Å². The van der Waals surface area contributed by atoms with Gasteiger partial charge in [-0.1, -0.05) is 18.9 Å². The van der Waals surface area contributed by atoms with Crippen molar-refractivity contribution in [1.29, 1.82) is 5.26 Å². The summed E-state index contributed by atoms with van der Waals surface area (Å²) in [7, 11) is 1.67. The van der Waals surface area contributed by atoms with Crippen LogP contribution in [0.25, 0.3) is 11.3 Å². The van der Waals surface area contributed by atoms with Gasteiger partial charge in [-0.05, 0) is 55.9 Å². The van der Waals surface area contributed by atoms with Crippen LogP contribution < -0.4 is 5.32 Å². The molecule has 2 aromatic heterocycles. The van der Waals surface area contributed by atoms with E-state index in [-0.39, 0.29) is 18.0 Å². The second kappa shape index (κ2) is 11.5. The Labute approximate surface area is 217 Å². The van der Waals surface area contributed by atoms with Gasteiger partial charge in [0.2, 0.25) is 5.95 Å². The third-order valence-corrected chi connectivity index (χ3v) is 7.50. The van der Waals surface area contributed by atoms with Gasteiger partial charge in [0.1, 0.15) is 0 Å². The van der Waals surface area contributed by atoms with Gasteiger partial charge in [-0.3, -0.25) is 9.48 Å². The van der Waals surface area contributed by atoms with Crippen LogP contribution in [0.15, 0.2) is 48.9 Å². The Hall–Kier alpha value is -3.77. The molecule has 0 spiro atoms. The van der Waals surface area contributed by atoms with E-state index in [0.29, 0.717) is 30.5 Å². The minimum Gasteiger partial charge on any atom is -0.383 e. The second-order valence-corrected chi connectivity index (χ2v) is 9.90. The zero-order valence-electron chi connectivity index (χ0n) is 21.2. The maximum atomic E-state index is 13.2. The highest BCUT2D eigenvalue weighted by atomic mass is 16.5. The number of carbonyl (C=O) groups is 1. The predicted octanol–water partition coefficient (Wildman–Crippen LogP) is 4.98. The molecule has 9 heteroatoms. The highest BCUT2D eigenvalue weighted by Crippen LogP contribution is 2.36. The fourth-order valence-electron chi connectivity index (χ4n) is 5.64. The van der Waals surface area contributed by atoms with Gasteiger partial charge in [0.25, 0.3) is 5.91 Å². The van der Waals surface area contributed by atoms with E-state index in [0.717, 1.165) is 49.2 Å². The van der Waals surface area contributed by atoms with E-state index >= 15 is 0 Å². The Morgan fingerprint density at radius 2 is 2.11 bits per heavy atom. The molecular weight excluding hydrogens is 466 g/mol. The molecule has 1 aliphatic heterocycles. The SMILES string of the molecule is COC[C@H]1CCCN1C(=O)c1cccc(Nc2nccc(-c3cnn(C(CC#N)C4CCCC4)c3)n2)c1. The molecule has 2 aliphatic rings. The first-order chi connectivity index (χ1) is 18.2. The molecule has 0 bridgehead atoms. The zero-order chi connectivity index (χ0) is 25.6. The van der Waals surface area contributed by atoms with Crippen LogP contribution in [0, 0.1) is 17.2 Å². The lowest BCUT2D eigenvalue weighted by Gasteiger charge is -2.24. The number of rotatable bonds is 9. The highest BCUT2D eigenvalue weighted by molar-refractivity contribution is 5.95. The molecule has 0 radical (unpaired) electrons. The molecule has 1 aromatic carbocycles. The third kappa shape index (κ3) is 5.65. The van der Waals surface area contributed by atoms with Crippen LogP contribution in [-0.4, -0.2) is 56.9 Å². The molecule has 9 nitrogen and oxygen atoms in total. The normalized spacial score (nSPS) is 18.6. The van der Waals surface area contributed by atoms with Crippen molar-refractivity contribution in [2.45, 2.75) is 57.0 Å². The maximum Gasteiger partial charge on any atom is 0.254 e. The predicted molar refractivity (Wildman–Crippen MR) is 140 cm³/mol. The smallest absolute Gasteiger partial charge is 0.254 e. The van der Waals surface area contributed by atoms with Gasteiger partial charge in [-0.2, -0.15) is 10.4 Å². The molecule has 1 aliphatic carbocycles. The van der Waals surface area contributed by atoms with Crippen molar-refractivity contribution in [3.63, 3.8) is 0 Å². The summed E-state index contributed by atoms with van der Waals surface area (Å²) in [5.41, 5.74) is 3.00. The summed E-state index contributed by atoms with van der Waals surface area (Å²) in [6, 6.07) is 11.8. The zero-order valence-corrected chi connectivity index (χ0v) is 21.2. The molecule has 2 atom stereocenters. The lowest BCUT2D eigenvalue weighted by atomic mass is 9.96. The van der Waals surface area contributed by atoms with E-state index in [1.807, 2.05) is 46.1 Å². The Balaban J connectivity index is 1.31. The molecule has 2 fully saturated rings. The van der Waals surface area contributed by atoms with E-state index in [1.54, 1.807) is 19.5 Å². The number of methoxy groups -OCH3 is 1. The number of likely N-dealkylation sites (tertiary alicyclic amines) is 1. The number of anilines is 2. The largest absolute Gasteiger partial charge is 0.383 e. The maximum absolute atomic E-state index is 13.2. The van der Waals surface area contributed by atoms with Gasteiger partial charge in [0.05, 0.1) is 43.1 Å². The van der Waals surface area contributed by atoms with Gasteiger partial charge >= 0.3 is 0 Å². The van der Waals surface area contributed by atoms with E-state index in [4.69, 9.17) is 9.72 Å². The van der Waals surface area contributed by atoms with Crippen molar-refractivity contribution in [2.75, 3.05) is 25.6 Å². The monoisotopic (exact) mass is 499 g/mol. The summed E-state index contributed by atoms with van der Waals surface area (Å²) < 4.78 is 7.24. The van der Waals surface area contributed by atoms with Gasteiger partial charge in [0, 0.05) is 42.9 Å². The highest BCUT2D eigenvalue weighted by Gasteiger charge is 2.29. The summed E-state index contributed by atoms with van der Waals surface area (Å²) in [5.74, 6) is 0.951. The number of hydrogen-bond donors (Lipinski definition) is 1. The molecule has 1 saturated carbocycles. The van der Waals surface area contributed by atoms with Crippen LogP contribution in [0.4, 0.5) is 11.6 Å². The first-order valence-electron chi connectivity index (χ1n) is 13.1. The second-order valence-electron chi connectivity index (χ2n) is 9.90. The molecule has 1 unspecified atom stereocenters. The van der Waals surface area contributed by atoms with Gasteiger partial charge in [-0.15, -0.1) is 0 Å². The molecule has 1 N–H and O–H groups in total. The van der Waals surface area contributed by atoms with E-state index in [2.05, 4.69) is 21.5 Å². The van der Waals surface area contributed by atoms with Crippen molar-refractivity contribution < 1.29 is 9.53 Å². The molecule has 192 valence electrons. The topological polar surface area (TPSA) is 109 Å². The Kier molecular flexibility index (Phi) is 7.76. The minimum atomic E-state index is 0.0134. The summed E-state index contributed by atoms with van der Waals surface area (Å²) in [4.78, 5) is 24.1. The minimum absolute atomic E-state index is 0.0134. The summed E-state index contributed by atoms with van der Waals surface area (Å²) >= 11 is 0. The molecular formula is C28H33N7O2. The van der Waals surface area contributed by atoms with Crippen molar-refractivity contribution in [2.24, 2.45) is 5.92 Å². The standard InChI is InChI=1S/C28H33N7O2/c1-37-19-24-10-5-15-34(24)27(36)21-8-4-9-23(16-21)32-28-30-14-12-25(33-28)22-17-31-35(18-22)26(11-13-29)20-6-2-3-7-20/h4,8-9,12,14,16-18,20,24,26H,2-3,5-7,10-11,15,19H2,1H3,(H,30,32,33)/t24-,26?/m1/s1. The lowest BCUT2D eigenvalue weighted by molar-refractivity contribution is 0.0630. The molecule has 1 saturated heterocycles.